The van der Waals surface area contributed by atoms with E-state index < -0.39 is 0 Å². The highest BCUT2D eigenvalue weighted by Gasteiger charge is 2.12. The van der Waals surface area contributed by atoms with Crippen LogP contribution < -0.4 is 4.74 Å². The Morgan fingerprint density at radius 1 is 1.47 bits per heavy atom. The molecule has 15 heavy (non-hydrogen) atoms. The molecule has 0 saturated carbocycles. The molecule has 0 radical (unpaired) electrons. The zero-order valence-electron chi connectivity index (χ0n) is 9.07. The minimum absolute atomic E-state index is 0.287. The van der Waals surface area contributed by atoms with E-state index in [0.717, 1.165) is 10.6 Å². The molecule has 0 amide bonds. The third-order valence-corrected chi connectivity index (χ3v) is 2.68. The van der Waals surface area contributed by atoms with Gasteiger partial charge >= 0.3 is 5.97 Å². The molecule has 0 unspecified atom stereocenters. The van der Waals surface area contributed by atoms with Crippen molar-refractivity contribution in [2.75, 3.05) is 20.0 Å². The van der Waals surface area contributed by atoms with Crippen LogP contribution in [0.5, 0.6) is 5.75 Å². The summed E-state index contributed by atoms with van der Waals surface area (Å²) in [4.78, 5) is 12.4. The molecule has 0 saturated heterocycles. The Labute approximate surface area is 93.8 Å². The number of hydrogen-bond donors (Lipinski definition) is 0. The highest BCUT2D eigenvalue weighted by Crippen LogP contribution is 2.26. The first-order chi connectivity index (χ1) is 7.22. The Kier molecular flexibility index (Phi) is 4.49. The fraction of sp³-hybridized carbons (Fsp3) is 0.364. The number of esters is 1. The Hall–Kier alpha value is -1.16. The summed E-state index contributed by atoms with van der Waals surface area (Å²) in [5.74, 6) is 0.455. The van der Waals surface area contributed by atoms with Crippen molar-refractivity contribution >= 4 is 17.7 Å². The maximum absolute atomic E-state index is 11.5. The fourth-order valence-corrected chi connectivity index (χ4v) is 1.78. The largest absolute Gasteiger partial charge is 0.497 e. The van der Waals surface area contributed by atoms with E-state index in [2.05, 4.69) is 0 Å². The first kappa shape index (κ1) is 11.9. The predicted octanol–water partition coefficient (Wildman–Crippen LogP) is 2.59. The van der Waals surface area contributed by atoms with Gasteiger partial charge in [-0.2, -0.15) is 0 Å². The van der Waals surface area contributed by atoms with Crippen LogP contribution in [0.3, 0.4) is 0 Å². The quantitative estimate of drug-likeness (QED) is 0.584. The highest BCUT2D eigenvalue weighted by atomic mass is 32.2. The van der Waals surface area contributed by atoms with Gasteiger partial charge in [0.2, 0.25) is 0 Å². The lowest BCUT2D eigenvalue weighted by Crippen LogP contribution is -2.06. The minimum atomic E-state index is -0.287. The van der Waals surface area contributed by atoms with Gasteiger partial charge in [0, 0.05) is 4.90 Å². The van der Waals surface area contributed by atoms with Crippen LogP contribution in [0.15, 0.2) is 23.1 Å². The van der Waals surface area contributed by atoms with Gasteiger partial charge in [-0.3, -0.25) is 0 Å². The van der Waals surface area contributed by atoms with Crippen molar-refractivity contribution in [1.29, 1.82) is 0 Å². The van der Waals surface area contributed by atoms with Crippen molar-refractivity contribution < 1.29 is 14.3 Å². The maximum Gasteiger partial charge on any atom is 0.339 e. The molecule has 0 aromatic heterocycles. The summed E-state index contributed by atoms with van der Waals surface area (Å²) in [6.07, 6.45) is 1.91. The van der Waals surface area contributed by atoms with Crippen molar-refractivity contribution in [3.05, 3.63) is 23.8 Å². The van der Waals surface area contributed by atoms with Gasteiger partial charge in [-0.15, -0.1) is 11.8 Å². The van der Waals surface area contributed by atoms with Gasteiger partial charge in [0.1, 0.15) is 5.75 Å². The zero-order chi connectivity index (χ0) is 11.3. The molecule has 0 aliphatic rings. The van der Waals surface area contributed by atoms with E-state index in [-0.39, 0.29) is 5.97 Å². The topological polar surface area (TPSA) is 35.5 Å². The molecule has 3 nitrogen and oxygen atoms in total. The molecule has 0 aliphatic carbocycles. The number of methoxy groups -OCH3 is 1. The van der Waals surface area contributed by atoms with Crippen LogP contribution in [-0.2, 0) is 4.74 Å². The number of carbonyl (C=O) groups excluding carboxylic acids is 1. The molecule has 0 bridgehead atoms. The molecule has 82 valence electrons. The predicted molar refractivity (Wildman–Crippen MR) is 60.7 cm³/mol. The highest BCUT2D eigenvalue weighted by molar-refractivity contribution is 7.98. The number of ether oxygens (including phenoxy) is 2. The number of benzene rings is 1. The monoisotopic (exact) mass is 226 g/mol. The second-order valence-electron chi connectivity index (χ2n) is 2.79. The Morgan fingerprint density at radius 3 is 2.73 bits per heavy atom. The molecule has 0 N–H and O–H groups in total. The Morgan fingerprint density at radius 2 is 2.20 bits per heavy atom. The lowest BCUT2D eigenvalue weighted by molar-refractivity contribution is 0.0522. The minimum Gasteiger partial charge on any atom is -0.497 e. The molecule has 1 aromatic rings. The van der Waals surface area contributed by atoms with E-state index >= 15 is 0 Å². The summed E-state index contributed by atoms with van der Waals surface area (Å²) in [5, 5.41) is 0. The van der Waals surface area contributed by atoms with Gasteiger partial charge in [-0.05, 0) is 31.4 Å². The summed E-state index contributed by atoms with van der Waals surface area (Å²) < 4.78 is 10.0. The van der Waals surface area contributed by atoms with Crippen LogP contribution in [0.2, 0.25) is 0 Å². The first-order valence-corrected chi connectivity index (χ1v) is 5.84. The fourth-order valence-electron chi connectivity index (χ4n) is 1.18. The summed E-state index contributed by atoms with van der Waals surface area (Å²) >= 11 is 1.50. The molecular formula is C11H14O3S. The van der Waals surface area contributed by atoms with Crippen LogP contribution in [-0.4, -0.2) is 25.9 Å². The Bertz CT molecular complexity index is 350. The maximum atomic E-state index is 11.5. The van der Waals surface area contributed by atoms with Crippen LogP contribution in [0.25, 0.3) is 0 Å². The normalized spacial score (nSPS) is 9.80. The standard InChI is InChI=1S/C11H14O3S/c1-4-14-11(12)9-6-5-8(13-2)7-10(9)15-3/h5-7H,4H2,1-3H3. The van der Waals surface area contributed by atoms with Crippen molar-refractivity contribution in [3.63, 3.8) is 0 Å². The summed E-state index contributed by atoms with van der Waals surface area (Å²) in [5.41, 5.74) is 0.588. The smallest absolute Gasteiger partial charge is 0.339 e. The van der Waals surface area contributed by atoms with E-state index in [4.69, 9.17) is 9.47 Å². The van der Waals surface area contributed by atoms with E-state index in [1.54, 1.807) is 26.2 Å². The summed E-state index contributed by atoms with van der Waals surface area (Å²) in [6, 6.07) is 5.31. The van der Waals surface area contributed by atoms with Crippen LogP contribution >= 0.6 is 11.8 Å². The van der Waals surface area contributed by atoms with Gasteiger partial charge in [0.25, 0.3) is 0 Å². The lowest BCUT2D eigenvalue weighted by atomic mass is 10.2. The van der Waals surface area contributed by atoms with Crippen molar-refractivity contribution in [2.24, 2.45) is 0 Å². The molecule has 0 heterocycles. The van der Waals surface area contributed by atoms with E-state index in [9.17, 15) is 4.79 Å². The molecular weight excluding hydrogens is 212 g/mol. The second kappa shape index (κ2) is 5.66. The van der Waals surface area contributed by atoms with E-state index in [1.807, 2.05) is 12.3 Å². The SMILES string of the molecule is CCOC(=O)c1ccc(OC)cc1SC. The van der Waals surface area contributed by atoms with Gasteiger partial charge in [0.05, 0.1) is 19.3 Å². The first-order valence-electron chi connectivity index (χ1n) is 4.62. The van der Waals surface area contributed by atoms with Crippen molar-refractivity contribution in [1.82, 2.24) is 0 Å². The van der Waals surface area contributed by atoms with Gasteiger partial charge in [-0.1, -0.05) is 0 Å². The molecule has 1 aromatic carbocycles. The van der Waals surface area contributed by atoms with Crippen LogP contribution in [0, 0.1) is 0 Å². The summed E-state index contributed by atoms with van der Waals surface area (Å²) in [6.45, 7) is 2.18. The van der Waals surface area contributed by atoms with Gasteiger partial charge < -0.3 is 9.47 Å². The number of carbonyl (C=O) groups is 1. The third kappa shape index (κ3) is 2.89. The molecule has 0 spiro atoms. The third-order valence-electron chi connectivity index (χ3n) is 1.90. The molecule has 0 aliphatic heterocycles. The molecule has 4 heteroatoms. The molecule has 0 atom stereocenters. The molecule has 0 fully saturated rings. The van der Waals surface area contributed by atoms with Gasteiger partial charge in [-0.25, -0.2) is 4.79 Å². The van der Waals surface area contributed by atoms with Crippen molar-refractivity contribution in [3.8, 4) is 5.75 Å². The van der Waals surface area contributed by atoms with Crippen molar-refractivity contribution in [2.45, 2.75) is 11.8 Å². The van der Waals surface area contributed by atoms with Gasteiger partial charge in [0.15, 0.2) is 0 Å². The van der Waals surface area contributed by atoms with Crippen LogP contribution in [0.1, 0.15) is 17.3 Å². The average molecular weight is 226 g/mol. The number of thioether (sulfide) groups is 1. The number of hydrogen-bond acceptors (Lipinski definition) is 4. The Balaban J connectivity index is 3.02. The second-order valence-corrected chi connectivity index (χ2v) is 3.63. The van der Waals surface area contributed by atoms with Crippen LogP contribution in [0.4, 0.5) is 0 Å². The van der Waals surface area contributed by atoms with E-state index in [1.165, 1.54) is 11.8 Å². The lowest BCUT2D eigenvalue weighted by Gasteiger charge is -2.08. The number of rotatable bonds is 4. The zero-order valence-corrected chi connectivity index (χ0v) is 9.89. The average Bonchev–Trinajstić information content (AvgIpc) is 2.28. The summed E-state index contributed by atoms with van der Waals surface area (Å²) in [7, 11) is 1.60. The molecule has 1 rings (SSSR count). The van der Waals surface area contributed by atoms with E-state index in [0.29, 0.717) is 12.2 Å².